The summed E-state index contributed by atoms with van der Waals surface area (Å²) in [6.07, 6.45) is 5.63. The molecule has 4 heteroatoms. The van der Waals surface area contributed by atoms with Crippen LogP contribution in [-0.2, 0) is 17.7 Å². The van der Waals surface area contributed by atoms with Crippen LogP contribution in [0.5, 0.6) is 0 Å². The SMILES string of the molecule is CCCCCOC(=O)N1CCc2ncccc2C1. The number of pyridine rings is 1. The smallest absolute Gasteiger partial charge is 0.410 e. The highest BCUT2D eigenvalue weighted by Gasteiger charge is 2.21. The van der Waals surface area contributed by atoms with Gasteiger partial charge in [-0.15, -0.1) is 0 Å². The fraction of sp³-hybridized carbons (Fsp3) is 0.571. The zero-order valence-electron chi connectivity index (χ0n) is 10.9. The highest BCUT2D eigenvalue weighted by atomic mass is 16.6. The molecule has 1 aliphatic rings. The van der Waals surface area contributed by atoms with Crippen molar-refractivity contribution < 1.29 is 9.53 Å². The molecule has 0 atom stereocenters. The van der Waals surface area contributed by atoms with Crippen molar-refractivity contribution in [2.75, 3.05) is 13.2 Å². The predicted octanol–water partition coefficient (Wildman–Crippen LogP) is 2.77. The molecule has 0 aromatic carbocycles. The molecule has 0 radical (unpaired) electrons. The molecule has 1 aromatic rings. The molecule has 0 N–H and O–H groups in total. The molecule has 18 heavy (non-hydrogen) atoms. The Morgan fingerprint density at radius 3 is 3.22 bits per heavy atom. The molecule has 4 nitrogen and oxygen atoms in total. The monoisotopic (exact) mass is 248 g/mol. The molecule has 0 saturated heterocycles. The molecule has 1 aliphatic heterocycles. The minimum absolute atomic E-state index is 0.194. The first-order valence-corrected chi connectivity index (χ1v) is 6.65. The van der Waals surface area contributed by atoms with Crippen LogP contribution in [0.2, 0.25) is 0 Å². The second-order valence-electron chi connectivity index (χ2n) is 4.60. The Hall–Kier alpha value is -1.58. The van der Waals surface area contributed by atoms with Gasteiger partial charge in [0.25, 0.3) is 0 Å². The Bertz CT molecular complexity index is 407. The number of carbonyl (C=O) groups excluding carboxylic acids is 1. The quantitative estimate of drug-likeness (QED) is 0.769. The Morgan fingerprint density at radius 1 is 1.50 bits per heavy atom. The predicted molar refractivity (Wildman–Crippen MR) is 69.2 cm³/mol. The van der Waals surface area contributed by atoms with E-state index in [4.69, 9.17) is 4.74 Å². The van der Waals surface area contributed by atoms with Crippen molar-refractivity contribution in [3.8, 4) is 0 Å². The number of rotatable bonds is 4. The molecule has 2 heterocycles. The van der Waals surface area contributed by atoms with E-state index in [0.29, 0.717) is 19.7 Å². The lowest BCUT2D eigenvalue weighted by Crippen LogP contribution is -2.36. The van der Waals surface area contributed by atoms with Crippen LogP contribution >= 0.6 is 0 Å². The normalized spacial score (nSPS) is 14.2. The van der Waals surface area contributed by atoms with Crippen molar-refractivity contribution >= 4 is 6.09 Å². The third kappa shape index (κ3) is 3.22. The van der Waals surface area contributed by atoms with Crippen LogP contribution in [0.15, 0.2) is 18.3 Å². The van der Waals surface area contributed by atoms with Crippen LogP contribution in [0, 0.1) is 0 Å². The summed E-state index contributed by atoms with van der Waals surface area (Å²) in [6, 6.07) is 3.94. The van der Waals surface area contributed by atoms with E-state index in [1.165, 1.54) is 0 Å². The fourth-order valence-electron chi connectivity index (χ4n) is 2.12. The molecule has 0 spiro atoms. The van der Waals surface area contributed by atoms with E-state index < -0.39 is 0 Å². The first kappa shape index (κ1) is 12.9. The van der Waals surface area contributed by atoms with Gasteiger partial charge in [-0.1, -0.05) is 25.8 Å². The molecule has 1 amide bonds. The van der Waals surface area contributed by atoms with Gasteiger partial charge < -0.3 is 9.64 Å². The van der Waals surface area contributed by atoms with Gasteiger partial charge in [0.15, 0.2) is 0 Å². The van der Waals surface area contributed by atoms with Gasteiger partial charge in [-0.05, 0) is 18.1 Å². The Balaban J connectivity index is 1.83. The molecule has 0 aliphatic carbocycles. The number of unbranched alkanes of at least 4 members (excludes halogenated alkanes) is 2. The van der Waals surface area contributed by atoms with Crippen molar-refractivity contribution in [3.05, 3.63) is 29.6 Å². The third-order valence-electron chi connectivity index (χ3n) is 3.20. The van der Waals surface area contributed by atoms with Crippen LogP contribution in [0.3, 0.4) is 0 Å². The summed E-state index contributed by atoms with van der Waals surface area (Å²) in [7, 11) is 0. The number of fused-ring (bicyclic) bond motifs is 1. The Morgan fingerprint density at radius 2 is 2.39 bits per heavy atom. The molecule has 1 aromatic heterocycles. The van der Waals surface area contributed by atoms with E-state index in [9.17, 15) is 4.79 Å². The summed E-state index contributed by atoms with van der Waals surface area (Å²) in [5.74, 6) is 0. The van der Waals surface area contributed by atoms with Crippen molar-refractivity contribution in [1.82, 2.24) is 9.88 Å². The van der Waals surface area contributed by atoms with Crippen LogP contribution in [0.1, 0.15) is 37.4 Å². The lowest BCUT2D eigenvalue weighted by Gasteiger charge is -2.27. The fourth-order valence-corrected chi connectivity index (χ4v) is 2.12. The Kier molecular flexibility index (Phi) is 4.56. The molecule has 98 valence electrons. The second-order valence-corrected chi connectivity index (χ2v) is 4.60. The van der Waals surface area contributed by atoms with E-state index in [2.05, 4.69) is 11.9 Å². The topological polar surface area (TPSA) is 42.4 Å². The summed E-state index contributed by atoms with van der Waals surface area (Å²) in [4.78, 5) is 17.9. The van der Waals surface area contributed by atoms with Gasteiger partial charge >= 0.3 is 6.09 Å². The van der Waals surface area contributed by atoms with Gasteiger partial charge in [-0.25, -0.2) is 4.79 Å². The summed E-state index contributed by atoms with van der Waals surface area (Å²) in [5, 5.41) is 0. The average molecular weight is 248 g/mol. The summed E-state index contributed by atoms with van der Waals surface area (Å²) in [6.45, 7) is 3.99. The van der Waals surface area contributed by atoms with Gasteiger partial charge in [0.2, 0.25) is 0 Å². The number of nitrogens with zero attached hydrogens (tertiary/aromatic N) is 2. The molecular formula is C14H20N2O2. The molecule has 0 unspecified atom stereocenters. The van der Waals surface area contributed by atoms with Crippen molar-refractivity contribution in [1.29, 1.82) is 0 Å². The number of hydrogen-bond donors (Lipinski definition) is 0. The first-order chi connectivity index (χ1) is 8.81. The number of aromatic nitrogens is 1. The number of amides is 1. The number of carbonyl (C=O) groups is 1. The molecular weight excluding hydrogens is 228 g/mol. The highest BCUT2D eigenvalue weighted by molar-refractivity contribution is 5.68. The van der Waals surface area contributed by atoms with E-state index in [1.807, 2.05) is 12.1 Å². The minimum atomic E-state index is -0.194. The second kappa shape index (κ2) is 6.38. The maximum Gasteiger partial charge on any atom is 0.410 e. The molecule has 2 rings (SSSR count). The Labute approximate surface area is 108 Å². The van der Waals surface area contributed by atoms with E-state index in [-0.39, 0.29) is 6.09 Å². The van der Waals surface area contributed by atoms with Gasteiger partial charge in [0.05, 0.1) is 13.2 Å². The minimum Gasteiger partial charge on any atom is -0.449 e. The van der Waals surface area contributed by atoms with Crippen LogP contribution < -0.4 is 0 Å². The zero-order valence-corrected chi connectivity index (χ0v) is 10.9. The van der Waals surface area contributed by atoms with Gasteiger partial charge in [-0.3, -0.25) is 4.98 Å². The van der Waals surface area contributed by atoms with Crippen molar-refractivity contribution in [3.63, 3.8) is 0 Å². The van der Waals surface area contributed by atoms with Gasteiger partial charge in [-0.2, -0.15) is 0 Å². The lowest BCUT2D eigenvalue weighted by atomic mass is 10.1. The largest absolute Gasteiger partial charge is 0.449 e. The van der Waals surface area contributed by atoms with Gasteiger partial charge in [0.1, 0.15) is 0 Å². The first-order valence-electron chi connectivity index (χ1n) is 6.65. The third-order valence-corrected chi connectivity index (χ3v) is 3.20. The molecule has 0 fully saturated rings. The van der Waals surface area contributed by atoms with Crippen LogP contribution in [0.25, 0.3) is 0 Å². The maximum absolute atomic E-state index is 11.9. The number of ether oxygens (including phenoxy) is 1. The number of hydrogen-bond acceptors (Lipinski definition) is 3. The molecule has 0 saturated carbocycles. The highest BCUT2D eigenvalue weighted by Crippen LogP contribution is 2.17. The lowest BCUT2D eigenvalue weighted by molar-refractivity contribution is 0.0960. The van der Waals surface area contributed by atoms with E-state index in [0.717, 1.165) is 36.9 Å². The maximum atomic E-state index is 11.9. The van der Waals surface area contributed by atoms with Crippen molar-refractivity contribution in [2.45, 2.75) is 39.2 Å². The van der Waals surface area contributed by atoms with E-state index >= 15 is 0 Å². The summed E-state index contributed by atoms with van der Waals surface area (Å²) in [5.41, 5.74) is 2.24. The molecule has 0 bridgehead atoms. The summed E-state index contributed by atoms with van der Waals surface area (Å²) < 4.78 is 5.27. The van der Waals surface area contributed by atoms with Crippen molar-refractivity contribution in [2.24, 2.45) is 0 Å². The average Bonchev–Trinajstić information content (AvgIpc) is 2.43. The standard InChI is InChI=1S/C14H20N2O2/c1-2-3-4-10-18-14(17)16-9-7-13-12(11-16)6-5-8-15-13/h5-6,8H,2-4,7,9-11H2,1H3. The van der Waals surface area contributed by atoms with Crippen LogP contribution in [-0.4, -0.2) is 29.1 Å². The van der Waals surface area contributed by atoms with Crippen LogP contribution in [0.4, 0.5) is 4.79 Å². The van der Waals surface area contributed by atoms with E-state index in [1.54, 1.807) is 11.1 Å². The van der Waals surface area contributed by atoms with Gasteiger partial charge in [0, 0.05) is 24.9 Å². The zero-order chi connectivity index (χ0) is 12.8. The summed E-state index contributed by atoms with van der Waals surface area (Å²) >= 11 is 0.